The van der Waals surface area contributed by atoms with Crippen molar-refractivity contribution in [3.05, 3.63) is 89.0 Å². The Balaban J connectivity index is 1.64. The van der Waals surface area contributed by atoms with E-state index in [0.29, 0.717) is 32.6 Å². The average molecular weight is 518 g/mol. The van der Waals surface area contributed by atoms with Crippen LogP contribution in [0.5, 0.6) is 11.5 Å². The van der Waals surface area contributed by atoms with Crippen LogP contribution in [-0.2, 0) is 19.1 Å². The van der Waals surface area contributed by atoms with E-state index in [2.05, 4.69) is 9.88 Å². The van der Waals surface area contributed by atoms with Gasteiger partial charge in [0.05, 0.1) is 19.8 Å². The number of pyridine rings is 1. The Bertz CT molecular complexity index is 1240. The molecule has 0 N–H and O–H groups in total. The summed E-state index contributed by atoms with van der Waals surface area (Å²) in [6.45, 7) is 1.91. The van der Waals surface area contributed by atoms with Crippen molar-refractivity contribution in [2.75, 3.05) is 33.9 Å². The third-order valence-electron chi connectivity index (χ3n) is 6.36. The summed E-state index contributed by atoms with van der Waals surface area (Å²) in [5.74, 6) is -0.990. The molecule has 2 heterocycles. The minimum absolute atomic E-state index is 0.0480. The molecule has 1 atom stereocenters. The summed E-state index contributed by atoms with van der Waals surface area (Å²) in [7, 11) is 2.63. The highest BCUT2D eigenvalue weighted by Gasteiger charge is 2.35. The molecule has 4 rings (SSSR count). The monoisotopic (exact) mass is 517 g/mol. The second-order valence-corrected chi connectivity index (χ2v) is 8.87. The Morgan fingerprint density at radius 3 is 2.54 bits per heavy atom. The largest absolute Gasteiger partial charge is 0.497 e. The van der Waals surface area contributed by atoms with Gasteiger partial charge in [-0.2, -0.15) is 13.2 Å². The Labute approximate surface area is 212 Å². The van der Waals surface area contributed by atoms with Crippen LogP contribution in [0, 0.1) is 5.82 Å². The lowest BCUT2D eigenvalue weighted by molar-refractivity contribution is -0.137. The highest BCUT2D eigenvalue weighted by atomic mass is 19.4. The summed E-state index contributed by atoms with van der Waals surface area (Å²) in [6.07, 6.45) is -0.807. The van der Waals surface area contributed by atoms with Gasteiger partial charge in [0.1, 0.15) is 5.75 Å². The smallest absolute Gasteiger partial charge is 0.416 e. The number of piperazine rings is 1. The van der Waals surface area contributed by atoms with E-state index in [4.69, 9.17) is 9.47 Å². The highest BCUT2D eigenvalue weighted by Crippen LogP contribution is 2.33. The Hall–Kier alpha value is -3.66. The van der Waals surface area contributed by atoms with Crippen LogP contribution in [0.15, 0.2) is 60.9 Å². The molecule has 0 spiro atoms. The number of hydrogen-bond donors (Lipinski definition) is 0. The van der Waals surface area contributed by atoms with Crippen molar-refractivity contribution in [2.24, 2.45) is 0 Å². The van der Waals surface area contributed by atoms with E-state index < -0.39 is 23.5 Å². The number of ether oxygens (including phenoxy) is 2. The van der Waals surface area contributed by atoms with Gasteiger partial charge in [-0.05, 0) is 53.9 Å². The van der Waals surface area contributed by atoms with Gasteiger partial charge in [0.15, 0.2) is 11.6 Å². The van der Waals surface area contributed by atoms with E-state index in [9.17, 15) is 22.4 Å². The topological polar surface area (TPSA) is 54.9 Å². The number of halogens is 4. The lowest BCUT2D eigenvalue weighted by Gasteiger charge is -2.42. The second kappa shape index (κ2) is 11.2. The molecule has 1 aliphatic rings. The van der Waals surface area contributed by atoms with Gasteiger partial charge in [0.25, 0.3) is 5.91 Å². The van der Waals surface area contributed by atoms with Gasteiger partial charge in [-0.25, -0.2) is 4.39 Å². The first-order chi connectivity index (χ1) is 17.7. The first-order valence-corrected chi connectivity index (χ1v) is 11.7. The van der Waals surface area contributed by atoms with Crippen molar-refractivity contribution >= 4 is 5.91 Å². The van der Waals surface area contributed by atoms with Gasteiger partial charge >= 0.3 is 6.18 Å². The summed E-state index contributed by atoms with van der Waals surface area (Å²) in [5, 5.41) is 0. The number of alkyl halides is 3. The van der Waals surface area contributed by atoms with E-state index in [-0.39, 0.29) is 23.1 Å². The van der Waals surface area contributed by atoms with Crippen LogP contribution in [0.1, 0.15) is 27.0 Å². The van der Waals surface area contributed by atoms with Crippen molar-refractivity contribution in [3.63, 3.8) is 0 Å². The number of methoxy groups -OCH3 is 2. The van der Waals surface area contributed by atoms with Crippen molar-refractivity contribution in [1.82, 2.24) is 14.8 Å². The van der Waals surface area contributed by atoms with Crippen LogP contribution < -0.4 is 9.47 Å². The lowest BCUT2D eigenvalue weighted by Crippen LogP contribution is -2.55. The minimum atomic E-state index is -4.63. The summed E-state index contributed by atoms with van der Waals surface area (Å²) in [5.41, 5.74) is 0.692. The Kier molecular flexibility index (Phi) is 7.97. The third kappa shape index (κ3) is 6.37. The summed E-state index contributed by atoms with van der Waals surface area (Å²) in [6, 6.07) is 11.0. The maximum Gasteiger partial charge on any atom is 0.416 e. The number of carbonyl (C=O) groups excluding carboxylic acids is 1. The van der Waals surface area contributed by atoms with Gasteiger partial charge in [0, 0.05) is 50.2 Å². The maximum atomic E-state index is 14.0. The molecule has 2 aromatic carbocycles. The predicted molar refractivity (Wildman–Crippen MR) is 129 cm³/mol. The second-order valence-electron chi connectivity index (χ2n) is 8.87. The van der Waals surface area contributed by atoms with E-state index in [1.807, 2.05) is 12.1 Å². The van der Waals surface area contributed by atoms with Crippen molar-refractivity contribution < 1.29 is 31.8 Å². The molecule has 10 heteroatoms. The van der Waals surface area contributed by atoms with Crippen LogP contribution in [0.25, 0.3) is 0 Å². The average Bonchev–Trinajstić information content (AvgIpc) is 2.89. The number of nitrogens with zero attached hydrogens (tertiary/aromatic N) is 3. The molecular formula is C27H27F4N3O3. The first-order valence-electron chi connectivity index (χ1n) is 11.7. The summed E-state index contributed by atoms with van der Waals surface area (Å²) >= 11 is 0. The highest BCUT2D eigenvalue weighted by molar-refractivity contribution is 5.95. The van der Waals surface area contributed by atoms with Gasteiger partial charge in [-0.15, -0.1) is 0 Å². The fourth-order valence-electron chi connectivity index (χ4n) is 4.53. The van der Waals surface area contributed by atoms with Gasteiger partial charge in [-0.1, -0.05) is 12.1 Å². The summed E-state index contributed by atoms with van der Waals surface area (Å²) in [4.78, 5) is 21.5. The number of amides is 1. The lowest BCUT2D eigenvalue weighted by atomic mass is 9.99. The van der Waals surface area contributed by atoms with E-state index >= 15 is 0 Å². The normalized spacial score (nSPS) is 16.5. The SMILES string of the molecule is COc1cc(C(=O)N2CCN(Cc3cccnc3)C[C@H]2Cc2ccc(F)c(OC)c2)cc(C(F)(F)F)c1. The molecular weight excluding hydrogens is 490 g/mol. The molecule has 37 heavy (non-hydrogen) atoms. The number of carbonyl (C=O) groups is 1. The third-order valence-corrected chi connectivity index (χ3v) is 6.36. The molecule has 0 unspecified atom stereocenters. The molecule has 0 saturated carbocycles. The van der Waals surface area contributed by atoms with Crippen LogP contribution >= 0.6 is 0 Å². The first kappa shape index (κ1) is 26.4. The molecule has 3 aromatic rings. The zero-order valence-corrected chi connectivity index (χ0v) is 20.5. The quantitative estimate of drug-likeness (QED) is 0.421. The predicted octanol–water partition coefficient (Wildman–Crippen LogP) is 4.83. The van der Waals surface area contributed by atoms with Gasteiger partial charge in [-0.3, -0.25) is 14.7 Å². The fraction of sp³-hybridized carbons (Fsp3) is 0.333. The van der Waals surface area contributed by atoms with Crippen LogP contribution in [0.2, 0.25) is 0 Å². The number of rotatable bonds is 7. The molecule has 0 aliphatic carbocycles. The van der Waals surface area contributed by atoms with Crippen LogP contribution in [0.4, 0.5) is 17.6 Å². The number of benzene rings is 2. The molecule has 1 aliphatic heterocycles. The Morgan fingerprint density at radius 1 is 1.05 bits per heavy atom. The number of hydrogen-bond acceptors (Lipinski definition) is 5. The van der Waals surface area contributed by atoms with Gasteiger partial charge < -0.3 is 14.4 Å². The Morgan fingerprint density at radius 2 is 1.86 bits per heavy atom. The zero-order valence-electron chi connectivity index (χ0n) is 20.5. The van der Waals surface area contributed by atoms with Crippen LogP contribution in [0.3, 0.4) is 0 Å². The fourth-order valence-corrected chi connectivity index (χ4v) is 4.53. The van der Waals surface area contributed by atoms with Gasteiger partial charge in [0.2, 0.25) is 0 Å². The van der Waals surface area contributed by atoms with Crippen molar-refractivity contribution in [3.8, 4) is 11.5 Å². The molecule has 1 aromatic heterocycles. The molecule has 6 nitrogen and oxygen atoms in total. The minimum Gasteiger partial charge on any atom is -0.497 e. The standard InChI is InChI=1S/C27H27F4N3O3/c1-36-23-13-20(12-21(14-23)27(29,30)31)26(35)34-9-8-33(16-19-4-3-7-32-15-19)17-22(34)10-18-5-6-24(28)25(11-18)37-2/h3-7,11-15,22H,8-10,16-17H2,1-2H3/t22-/m1/s1. The number of aromatic nitrogens is 1. The maximum absolute atomic E-state index is 14.0. The molecule has 0 bridgehead atoms. The zero-order chi connectivity index (χ0) is 26.6. The van der Waals surface area contributed by atoms with E-state index in [1.54, 1.807) is 29.4 Å². The van der Waals surface area contributed by atoms with E-state index in [1.165, 1.54) is 26.4 Å². The molecule has 0 radical (unpaired) electrons. The van der Waals surface area contributed by atoms with Crippen molar-refractivity contribution in [2.45, 2.75) is 25.2 Å². The molecule has 1 amide bonds. The summed E-state index contributed by atoms with van der Waals surface area (Å²) < 4.78 is 64.6. The van der Waals surface area contributed by atoms with Crippen molar-refractivity contribution in [1.29, 1.82) is 0 Å². The molecule has 196 valence electrons. The van der Waals surface area contributed by atoms with E-state index in [0.717, 1.165) is 23.3 Å². The van der Waals surface area contributed by atoms with Crippen LogP contribution in [-0.4, -0.2) is 60.6 Å². The molecule has 1 saturated heterocycles. The molecule has 1 fully saturated rings.